The van der Waals surface area contributed by atoms with Crippen molar-refractivity contribution in [1.82, 2.24) is 25.1 Å². The number of benzene rings is 1. The van der Waals surface area contributed by atoms with Gasteiger partial charge in [-0.05, 0) is 43.6 Å². The number of hydrogen-bond donors (Lipinski definition) is 1. The highest BCUT2D eigenvalue weighted by Gasteiger charge is 2.23. The largest absolute Gasteiger partial charge is 0.491 e. The normalized spacial score (nSPS) is 14.4. The molecule has 1 aromatic carbocycles. The number of aromatic nitrogens is 4. The van der Waals surface area contributed by atoms with Crippen LogP contribution >= 0.6 is 11.3 Å². The highest BCUT2D eigenvalue weighted by Crippen LogP contribution is 2.31. The second kappa shape index (κ2) is 11.2. The zero-order valence-corrected chi connectivity index (χ0v) is 20.6. The zero-order valence-electron chi connectivity index (χ0n) is 19.8. The molecular formula is C26H26N6O3S. The minimum atomic E-state index is -0.360. The molecule has 3 aromatic heterocycles. The van der Waals surface area contributed by atoms with Crippen LogP contribution in [0.4, 0.5) is 5.13 Å². The van der Waals surface area contributed by atoms with Crippen LogP contribution in [0.1, 0.15) is 34.9 Å². The molecule has 0 saturated carbocycles. The summed E-state index contributed by atoms with van der Waals surface area (Å²) in [6, 6.07) is 15.4. The molecule has 1 N–H and O–H groups in total. The van der Waals surface area contributed by atoms with Gasteiger partial charge in [0, 0.05) is 36.8 Å². The van der Waals surface area contributed by atoms with E-state index in [0.29, 0.717) is 27.3 Å². The molecule has 1 atom stereocenters. The predicted molar refractivity (Wildman–Crippen MR) is 137 cm³/mol. The first-order chi connectivity index (χ1) is 17.7. The third-order valence-corrected chi connectivity index (χ3v) is 6.81. The number of nitrogens with zero attached hydrogens (tertiary/aromatic N) is 5. The Kier molecular flexibility index (Phi) is 7.44. The monoisotopic (exact) mass is 502 g/mol. The van der Waals surface area contributed by atoms with Crippen molar-refractivity contribution in [3.8, 4) is 22.2 Å². The molecule has 1 fully saturated rings. The maximum Gasteiger partial charge on any atom is 0.259 e. The Morgan fingerprint density at radius 1 is 1.11 bits per heavy atom. The molecule has 10 heteroatoms. The second-order valence-corrected chi connectivity index (χ2v) is 9.34. The summed E-state index contributed by atoms with van der Waals surface area (Å²) in [5.41, 5.74) is 2.28. The summed E-state index contributed by atoms with van der Waals surface area (Å²) in [6.07, 6.45) is 7.04. The van der Waals surface area contributed by atoms with E-state index in [1.54, 1.807) is 18.5 Å². The van der Waals surface area contributed by atoms with E-state index in [9.17, 15) is 4.79 Å². The lowest BCUT2D eigenvalue weighted by Gasteiger charge is -2.25. The first-order valence-corrected chi connectivity index (χ1v) is 12.5. The summed E-state index contributed by atoms with van der Waals surface area (Å²) in [5.74, 6) is 0.374. The van der Waals surface area contributed by atoms with Crippen molar-refractivity contribution < 1.29 is 14.3 Å². The predicted octanol–water partition coefficient (Wildman–Crippen LogP) is 4.47. The fourth-order valence-electron chi connectivity index (χ4n) is 4.06. The van der Waals surface area contributed by atoms with E-state index in [1.807, 2.05) is 30.3 Å². The van der Waals surface area contributed by atoms with Crippen LogP contribution in [-0.2, 0) is 0 Å². The van der Waals surface area contributed by atoms with E-state index in [-0.39, 0.29) is 12.0 Å². The fraction of sp³-hybridized carbons (Fsp3) is 0.269. The van der Waals surface area contributed by atoms with Gasteiger partial charge < -0.3 is 9.47 Å². The molecule has 5 rings (SSSR count). The third kappa shape index (κ3) is 5.67. The summed E-state index contributed by atoms with van der Waals surface area (Å²) in [7, 11) is 1.54. The lowest BCUT2D eigenvalue weighted by molar-refractivity contribution is 0.102. The highest BCUT2D eigenvalue weighted by atomic mass is 32.1. The average Bonchev–Trinajstić information content (AvgIpc) is 3.62. The van der Waals surface area contributed by atoms with Gasteiger partial charge in [-0.3, -0.25) is 20.0 Å². The quantitative estimate of drug-likeness (QED) is 0.358. The maximum atomic E-state index is 12.9. The van der Waals surface area contributed by atoms with Crippen LogP contribution in [0.5, 0.6) is 11.6 Å². The number of ether oxygens (including phenoxy) is 2. The minimum absolute atomic E-state index is 0.210. The number of amides is 1. The molecule has 1 aliphatic rings. The van der Waals surface area contributed by atoms with Crippen LogP contribution < -0.4 is 14.8 Å². The second-order valence-electron chi connectivity index (χ2n) is 8.36. The molecule has 0 aliphatic carbocycles. The molecule has 0 radical (unpaired) electrons. The van der Waals surface area contributed by atoms with E-state index in [4.69, 9.17) is 9.47 Å². The van der Waals surface area contributed by atoms with Crippen molar-refractivity contribution in [1.29, 1.82) is 0 Å². The Morgan fingerprint density at radius 2 is 1.89 bits per heavy atom. The van der Waals surface area contributed by atoms with Gasteiger partial charge in [-0.25, -0.2) is 4.98 Å². The number of anilines is 1. The summed E-state index contributed by atoms with van der Waals surface area (Å²) >= 11 is 1.28. The van der Waals surface area contributed by atoms with Crippen molar-refractivity contribution in [2.24, 2.45) is 0 Å². The Morgan fingerprint density at radius 3 is 2.64 bits per heavy atom. The van der Waals surface area contributed by atoms with Crippen molar-refractivity contribution in [3.05, 3.63) is 78.2 Å². The van der Waals surface area contributed by atoms with E-state index < -0.39 is 0 Å². The molecule has 0 spiro atoms. The SMILES string of the molecule is COc1cc(C(=O)Nc2nnc(-c3ccncc3)s2)cnc1OC(CN1CCCC1)c1ccccc1. The van der Waals surface area contributed by atoms with Crippen LogP contribution in [-0.4, -0.2) is 57.7 Å². The number of hydrogen-bond acceptors (Lipinski definition) is 9. The standard InChI is InChI=1S/C26H26N6O3S/c1-34-21-15-20(23(33)29-26-31-30-25(36-26)19-9-11-27-12-10-19)16-28-24(21)35-22(17-32-13-5-6-14-32)18-7-3-2-4-8-18/h2-4,7-12,15-16,22H,5-6,13-14,17H2,1H3,(H,29,31,33). The lowest BCUT2D eigenvalue weighted by atomic mass is 10.1. The molecule has 36 heavy (non-hydrogen) atoms. The number of carbonyl (C=O) groups excluding carboxylic acids is 1. The molecule has 4 heterocycles. The minimum Gasteiger partial charge on any atom is -0.491 e. The molecule has 9 nitrogen and oxygen atoms in total. The van der Waals surface area contributed by atoms with Gasteiger partial charge in [-0.15, -0.1) is 10.2 Å². The number of rotatable bonds is 9. The van der Waals surface area contributed by atoms with Gasteiger partial charge >= 0.3 is 0 Å². The van der Waals surface area contributed by atoms with E-state index in [2.05, 4.69) is 42.5 Å². The van der Waals surface area contributed by atoms with Crippen LogP contribution in [0.25, 0.3) is 10.6 Å². The lowest BCUT2D eigenvalue weighted by Crippen LogP contribution is -2.28. The number of nitrogens with one attached hydrogen (secondary N) is 1. The molecule has 1 amide bonds. The van der Waals surface area contributed by atoms with Crippen LogP contribution in [0.2, 0.25) is 0 Å². The number of carbonyl (C=O) groups is 1. The first-order valence-electron chi connectivity index (χ1n) is 11.7. The number of methoxy groups -OCH3 is 1. The average molecular weight is 503 g/mol. The van der Waals surface area contributed by atoms with Gasteiger partial charge in [-0.1, -0.05) is 41.7 Å². The summed E-state index contributed by atoms with van der Waals surface area (Å²) in [5, 5.41) is 12.1. The molecule has 1 saturated heterocycles. The van der Waals surface area contributed by atoms with Crippen LogP contribution in [0, 0.1) is 0 Å². The smallest absolute Gasteiger partial charge is 0.259 e. The molecule has 184 valence electrons. The van der Waals surface area contributed by atoms with Crippen LogP contribution in [0.3, 0.4) is 0 Å². The molecule has 4 aromatic rings. The molecule has 0 bridgehead atoms. The van der Waals surface area contributed by atoms with Crippen molar-refractivity contribution in [2.75, 3.05) is 32.1 Å². The first kappa shape index (κ1) is 23.8. The van der Waals surface area contributed by atoms with E-state index in [0.717, 1.165) is 30.8 Å². The van der Waals surface area contributed by atoms with Gasteiger partial charge in [0.2, 0.25) is 5.13 Å². The van der Waals surface area contributed by atoms with E-state index >= 15 is 0 Å². The fourth-order valence-corrected chi connectivity index (χ4v) is 4.80. The number of likely N-dealkylation sites (tertiary alicyclic amines) is 1. The Labute approximate surface area is 213 Å². The van der Waals surface area contributed by atoms with Gasteiger partial charge in [0.05, 0.1) is 12.7 Å². The Hall–Kier alpha value is -3.89. The van der Waals surface area contributed by atoms with Crippen molar-refractivity contribution >= 4 is 22.4 Å². The third-order valence-electron chi connectivity index (χ3n) is 5.92. The molecular weight excluding hydrogens is 476 g/mol. The highest BCUT2D eigenvalue weighted by molar-refractivity contribution is 7.18. The van der Waals surface area contributed by atoms with Gasteiger partial charge in [0.25, 0.3) is 11.8 Å². The van der Waals surface area contributed by atoms with Gasteiger partial charge in [0.15, 0.2) is 5.75 Å². The van der Waals surface area contributed by atoms with Gasteiger partial charge in [0.1, 0.15) is 11.1 Å². The van der Waals surface area contributed by atoms with Crippen molar-refractivity contribution in [3.63, 3.8) is 0 Å². The summed E-state index contributed by atoms with van der Waals surface area (Å²) in [6.45, 7) is 2.88. The van der Waals surface area contributed by atoms with Crippen molar-refractivity contribution in [2.45, 2.75) is 18.9 Å². The summed E-state index contributed by atoms with van der Waals surface area (Å²) < 4.78 is 11.9. The Balaban J connectivity index is 1.31. The number of pyridine rings is 2. The molecule has 1 aliphatic heterocycles. The summed E-state index contributed by atoms with van der Waals surface area (Å²) in [4.78, 5) is 23.7. The Bertz CT molecular complexity index is 1300. The van der Waals surface area contributed by atoms with Crippen LogP contribution in [0.15, 0.2) is 67.1 Å². The van der Waals surface area contributed by atoms with E-state index in [1.165, 1.54) is 37.5 Å². The zero-order chi connectivity index (χ0) is 24.7. The molecule has 1 unspecified atom stereocenters. The maximum absolute atomic E-state index is 12.9. The topological polar surface area (TPSA) is 102 Å². The van der Waals surface area contributed by atoms with Gasteiger partial charge in [-0.2, -0.15) is 0 Å².